The number of nitrogens with two attached hydrogens (primary N) is 1. The number of primary amides is 1. The summed E-state index contributed by atoms with van der Waals surface area (Å²) in [5.74, 6) is -1.15. The van der Waals surface area contributed by atoms with Crippen LogP contribution in [0.5, 0.6) is 0 Å². The molecule has 124 valence electrons. The van der Waals surface area contributed by atoms with E-state index in [4.69, 9.17) is 5.73 Å². The van der Waals surface area contributed by atoms with Gasteiger partial charge in [-0.2, -0.15) is 13.2 Å². The van der Waals surface area contributed by atoms with Gasteiger partial charge < -0.3 is 10.6 Å². The van der Waals surface area contributed by atoms with Gasteiger partial charge in [-0.25, -0.2) is 0 Å². The van der Waals surface area contributed by atoms with E-state index in [9.17, 15) is 22.8 Å². The average molecular weight is 326 g/mol. The molecule has 1 aromatic rings. The normalized spacial score (nSPS) is 19.1. The zero-order valence-corrected chi connectivity index (χ0v) is 12.3. The van der Waals surface area contributed by atoms with Crippen molar-refractivity contribution in [3.8, 4) is 0 Å². The Balaban J connectivity index is 2.05. The molecule has 1 aromatic carbocycles. The molecule has 1 unspecified atom stereocenters. The monoisotopic (exact) mass is 326 g/mol. The molecule has 1 saturated heterocycles. The molecule has 2 N–H and O–H groups in total. The number of carbonyl (C=O) groups is 2. The Morgan fingerprint density at radius 1 is 1.30 bits per heavy atom. The second-order valence-electron chi connectivity index (χ2n) is 5.48. The number of hydrogen-bond acceptors (Lipinski definition) is 2. The number of rotatable bonds is 3. The SMILES string of the molecule is NC(=O)C1CCCN(C(=O)C=Cc2cccc(C(F)(F)F)c2)C1. The van der Waals surface area contributed by atoms with Gasteiger partial charge in [0.05, 0.1) is 11.5 Å². The summed E-state index contributed by atoms with van der Waals surface area (Å²) in [5, 5.41) is 0. The van der Waals surface area contributed by atoms with E-state index < -0.39 is 17.6 Å². The van der Waals surface area contributed by atoms with E-state index in [2.05, 4.69) is 0 Å². The Morgan fingerprint density at radius 2 is 2.04 bits per heavy atom. The zero-order valence-electron chi connectivity index (χ0n) is 12.3. The summed E-state index contributed by atoms with van der Waals surface area (Å²) in [6.07, 6.45) is -0.535. The van der Waals surface area contributed by atoms with Crippen LogP contribution in [0.15, 0.2) is 30.3 Å². The summed E-state index contributed by atoms with van der Waals surface area (Å²) in [6.45, 7) is 0.761. The topological polar surface area (TPSA) is 63.4 Å². The number of carbonyl (C=O) groups excluding carboxylic acids is 2. The molecule has 1 heterocycles. The molecule has 1 fully saturated rings. The van der Waals surface area contributed by atoms with Crippen LogP contribution in [-0.2, 0) is 15.8 Å². The molecule has 2 rings (SSSR count). The van der Waals surface area contributed by atoms with Crippen LogP contribution in [0, 0.1) is 5.92 Å². The minimum Gasteiger partial charge on any atom is -0.369 e. The van der Waals surface area contributed by atoms with Crippen molar-refractivity contribution in [3.63, 3.8) is 0 Å². The Bertz CT molecular complexity index is 626. The van der Waals surface area contributed by atoms with E-state index in [0.717, 1.165) is 12.1 Å². The molecule has 0 radical (unpaired) electrons. The summed E-state index contributed by atoms with van der Waals surface area (Å²) >= 11 is 0. The Morgan fingerprint density at radius 3 is 2.70 bits per heavy atom. The van der Waals surface area contributed by atoms with Gasteiger partial charge >= 0.3 is 6.18 Å². The fraction of sp³-hybridized carbons (Fsp3) is 0.375. The third-order valence-corrected chi connectivity index (χ3v) is 3.77. The van der Waals surface area contributed by atoms with E-state index in [1.54, 1.807) is 0 Å². The summed E-state index contributed by atoms with van der Waals surface area (Å²) in [6, 6.07) is 4.73. The maximum absolute atomic E-state index is 12.6. The van der Waals surface area contributed by atoms with Crippen LogP contribution in [0.3, 0.4) is 0 Å². The van der Waals surface area contributed by atoms with Gasteiger partial charge in [0.1, 0.15) is 0 Å². The Hall–Kier alpha value is -2.31. The van der Waals surface area contributed by atoms with Gasteiger partial charge in [-0.3, -0.25) is 9.59 Å². The van der Waals surface area contributed by atoms with Crippen molar-refractivity contribution in [2.75, 3.05) is 13.1 Å². The number of benzene rings is 1. The van der Waals surface area contributed by atoms with Gasteiger partial charge in [-0.15, -0.1) is 0 Å². The largest absolute Gasteiger partial charge is 0.416 e. The first-order valence-corrected chi connectivity index (χ1v) is 7.21. The number of halogens is 3. The second-order valence-corrected chi connectivity index (χ2v) is 5.48. The lowest BCUT2D eigenvalue weighted by atomic mass is 9.97. The molecule has 7 heteroatoms. The van der Waals surface area contributed by atoms with Gasteiger partial charge in [0.25, 0.3) is 0 Å². The molecule has 23 heavy (non-hydrogen) atoms. The molecule has 2 amide bonds. The third-order valence-electron chi connectivity index (χ3n) is 3.77. The minimum atomic E-state index is -4.42. The molecular formula is C16H17F3N2O2. The van der Waals surface area contributed by atoms with Crippen LogP contribution in [0.25, 0.3) is 6.08 Å². The molecule has 0 aliphatic carbocycles. The lowest BCUT2D eigenvalue weighted by Crippen LogP contribution is -2.43. The summed E-state index contributed by atoms with van der Waals surface area (Å²) in [7, 11) is 0. The summed E-state index contributed by atoms with van der Waals surface area (Å²) in [4.78, 5) is 24.8. The van der Waals surface area contributed by atoms with Gasteiger partial charge in [0.2, 0.25) is 11.8 Å². The van der Waals surface area contributed by atoms with Crippen LogP contribution in [-0.4, -0.2) is 29.8 Å². The highest BCUT2D eigenvalue weighted by atomic mass is 19.4. The van der Waals surface area contributed by atoms with Crippen LogP contribution in [0.1, 0.15) is 24.0 Å². The maximum atomic E-state index is 12.6. The molecule has 1 atom stereocenters. The van der Waals surface area contributed by atoms with Crippen molar-refractivity contribution in [2.24, 2.45) is 11.7 Å². The fourth-order valence-corrected chi connectivity index (χ4v) is 2.50. The highest BCUT2D eigenvalue weighted by Crippen LogP contribution is 2.29. The number of amides is 2. The van der Waals surface area contributed by atoms with Crippen LogP contribution in [0.2, 0.25) is 0 Å². The van der Waals surface area contributed by atoms with Crippen LogP contribution in [0.4, 0.5) is 13.2 Å². The first kappa shape index (κ1) is 17.1. The van der Waals surface area contributed by atoms with Crippen molar-refractivity contribution in [1.29, 1.82) is 0 Å². The lowest BCUT2D eigenvalue weighted by molar-refractivity contribution is -0.137. The lowest BCUT2D eigenvalue weighted by Gasteiger charge is -2.30. The molecule has 0 bridgehead atoms. The molecule has 0 saturated carbocycles. The average Bonchev–Trinajstić information content (AvgIpc) is 2.52. The van der Waals surface area contributed by atoms with E-state index in [-0.39, 0.29) is 23.9 Å². The van der Waals surface area contributed by atoms with Gasteiger partial charge in [0, 0.05) is 19.2 Å². The highest BCUT2D eigenvalue weighted by Gasteiger charge is 2.30. The summed E-state index contributed by atoms with van der Waals surface area (Å²) in [5.41, 5.74) is 4.77. The standard InChI is InChI=1S/C16H17F3N2O2/c17-16(18,19)13-5-1-3-11(9-13)6-7-14(22)21-8-2-4-12(10-21)15(20)23/h1,3,5-7,9,12H,2,4,8,10H2,(H2,20,23). The first-order chi connectivity index (χ1) is 10.8. The number of nitrogens with zero attached hydrogens (tertiary/aromatic N) is 1. The third kappa shape index (κ3) is 4.58. The predicted molar refractivity (Wildman–Crippen MR) is 79.0 cm³/mol. The quantitative estimate of drug-likeness (QED) is 0.867. The van der Waals surface area contributed by atoms with Crippen LogP contribution >= 0.6 is 0 Å². The molecule has 1 aliphatic heterocycles. The van der Waals surface area contributed by atoms with Crippen molar-refractivity contribution in [2.45, 2.75) is 19.0 Å². The molecule has 4 nitrogen and oxygen atoms in total. The molecule has 1 aliphatic rings. The highest BCUT2D eigenvalue weighted by molar-refractivity contribution is 5.92. The van der Waals surface area contributed by atoms with E-state index >= 15 is 0 Å². The molecule has 0 aromatic heterocycles. The van der Waals surface area contributed by atoms with Crippen molar-refractivity contribution < 1.29 is 22.8 Å². The minimum absolute atomic E-state index is 0.251. The predicted octanol–water partition coefficient (Wildman–Crippen LogP) is 2.44. The second kappa shape index (κ2) is 6.85. The Labute approximate surface area is 131 Å². The number of alkyl halides is 3. The van der Waals surface area contributed by atoms with Gasteiger partial charge in [-0.05, 0) is 36.6 Å². The molecular weight excluding hydrogens is 309 g/mol. The number of likely N-dealkylation sites (tertiary alicyclic amines) is 1. The van der Waals surface area contributed by atoms with E-state index in [1.165, 1.54) is 29.2 Å². The van der Waals surface area contributed by atoms with Crippen molar-refractivity contribution in [1.82, 2.24) is 4.90 Å². The van der Waals surface area contributed by atoms with Crippen molar-refractivity contribution >= 4 is 17.9 Å². The Kier molecular flexibility index (Phi) is 5.08. The maximum Gasteiger partial charge on any atom is 0.416 e. The van der Waals surface area contributed by atoms with Gasteiger partial charge in [-0.1, -0.05) is 12.1 Å². The van der Waals surface area contributed by atoms with E-state index in [0.29, 0.717) is 19.4 Å². The zero-order chi connectivity index (χ0) is 17.0. The molecule has 0 spiro atoms. The first-order valence-electron chi connectivity index (χ1n) is 7.21. The summed E-state index contributed by atoms with van der Waals surface area (Å²) < 4.78 is 37.9. The smallest absolute Gasteiger partial charge is 0.369 e. The number of piperidine rings is 1. The van der Waals surface area contributed by atoms with Gasteiger partial charge in [0.15, 0.2) is 0 Å². The van der Waals surface area contributed by atoms with E-state index in [1.807, 2.05) is 0 Å². The van der Waals surface area contributed by atoms with Crippen LogP contribution < -0.4 is 5.73 Å². The fourth-order valence-electron chi connectivity index (χ4n) is 2.50. The van der Waals surface area contributed by atoms with Crippen molar-refractivity contribution in [3.05, 3.63) is 41.5 Å². The number of hydrogen-bond donors (Lipinski definition) is 1.